The number of thiocarbonyl (C=S) groups is 1. The first-order chi connectivity index (χ1) is 13.4. The second-order valence-electron chi connectivity index (χ2n) is 6.10. The molecule has 0 spiro atoms. The second kappa shape index (κ2) is 7.54. The summed E-state index contributed by atoms with van der Waals surface area (Å²) < 4.78 is 19.3. The first-order valence-electron chi connectivity index (χ1n) is 8.17. The van der Waals surface area contributed by atoms with Crippen molar-refractivity contribution in [3.8, 4) is 5.75 Å². The second-order valence-corrected chi connectivity index (χ2v) is 8.22. The lowest BCUT2D eigenvalue weighted by molar-refractivity contribution is -0.121. The molecule has 0 atom stereocenters. The summed E-state index contributed by atoms with van der Waals surface area (Å²) in [5.41, 5.74) is 1.98. The molecule has 1 fully saturated rings. The molecule has 0 radical (unpaired) electrons. The van der Waals surface area contributed by atoms with Crippen molar-refractivity contribution in [2.24, 2.45) is 0 Å². The van der Waals surface area contributed by atoms with Crippen LogP contribution in [0, 0.1) is 5.82 Å². The van der Waals surface area contributed by atoms with Crippen LogP contribution < -0.4 is 15.0 Å². The van der Waals surface area contributed by atoms with Gasteiger partial charge in [0.05, 0.1) is 22.2 Å². The Bertz CT molecular complexity index is 1060. The molecular weight excluding hydrogens is 423 g/mol. The summed E-state index contributed by atoms with van der Waals surface area (Å²) in [6.07, 6.45) is 1.70. The first-order valence-corrected chi connectivity index (χ1v) is 9.77. The maximum absolute atomic E-state index is 13.4. The Labute approximate surface area is 174 Å². The smallest absolute Gasteiger partial charge is 0.265 e. The Kier molecular flexibility index (Phi) is 5.09. The van der Waals surface area contributed by atoms with Crippen molar-refractivity contribution in [2.45, 2.75) is 6.54 Å². The number of ether oxygens (including phenoxy) is 1. The molecule has 2 aliphatic rings. The van der Waals surface area contributed by atoms with Crippen molar-refractivity contribution in [1.82, 2.24) is 5.32 Å². The number of amides is 2. The number of fused-ring (bicyclic) bond motifs is 1. The molecule has 2 amide bonds. The number of halogens is 2. The fraction of sp³-hybridized carbons (Fsp3) is 0.105. The highest BCUT2D eigenvalue weighted by Crippen LogP contribution is 2.36. The summed E-state index contributed by atoms with van der Waals surface area (Å²) in [6, 6.07) is 9.64. The van der Waals surface area contributed by atoms with Gasteiger partial charge in [0.25, 0.3) is 11.8 Å². The van der Waals surface area contributed by atoms with Crippen LogP contribution in [0.5, 0.6) is 5.75 Å². The molecule has 5 nitrogen and oxygen atoms in total. The van der Waals surface area contributed by atoms with Crippen LogP contribution >= 0.6 is 35.6 Å². The molecule has 1 N–H and O–H groups in total. The van der Waals surface area contributed by atoms with Crippen LogP contribution in [-0.4, -0.2) is 22.7 Å². The third kappa shape index (κ3) is 3.76. The number of carbonyl (C=O) groups excluding carboxylic acids is 2. The van der Waals surface area contributed by atoms with E-state index in [2.05, 4.69) is 5.32 Å². The van der Waals surface area contributed by atoms with Gasteiger partial charge in [-0.25, -0.2) is 4.39 Å². The summed E-state index contributed by atoms with van der Waals surface area (Å²) in [7, 11) is 0. The van der Waals surface area contributed by atoms with E-state index >= 15 is 0 Å². The molecule has 2 heterocycles. The molecule has 1 saturated heterocycles. The van der Waals surface area contributed by atoms with Gasteiger partial charge in [-0.3, -0.25) is 9.59 Å². The third-order valence-electron chi connectivity index (χ3n) is 4.19. The highest BCUT2D eigenvalue weighted by Gasteiger charge is 2.27. The Balaban J connectivity index is 1.68. The van der Waals surface area contributed by atoms with Crippen LogP contribution in [-0.2, 0) is 16.1 Å². The minimum atomic E-state index is -0.515. The number of nitrogens with one attached hydrogen (secondary N) is 1. The summed E-state index contributed by atoms with van der Waals surface area (Å²) in [6.45, 7) is 0.128. The normalized spacial score (nSPS) is 17.6. The van der Waals surface area contributed by atoms with Crippen molar-refractivity contribution in [1.29, 1.82) is 0 Å². The van der Waals surface area contributed by atoms with E-state index in [-0.39, 0.29) is 30.0 Å². The predicted molar refractivity (Wildman–Crippen MR) is 111 cm³/mol. The number of thioether (sulfide) groups is 1. The number of nitrogens with zero attached hydrogens (tertiary/aromatic N) is 1. The molecule has 2 aromatic carbocycles. The average Bonchev–Trinajstić information content (AvgIpc) is 2.97. The van der Waals surface area contributed by atoms with E-state index < -0.39 is 5.82 Å². The largest absolute Gasteiger partial charge is 0.482 e. The van der Waals surface area contributed by atoms with Gasteiger partial charge in [0, 0.05) is 0 Å². The number of anilines is 1. The molecule has 0 aromatic heterocycles. The summed E-state index contributed by atoms with van der Waals surface area (Å²) in [5.74, 6) is -0.447. The molecular formula is C19H12ClFN2O3S2. The summed E-state index contributed by atoms with van der Waals surface area (Å²) in [4.78, 5) is 26.4. The van der Waals surface area contributed by atoms with E-state index in [9.17, 15) is 14.0 Å². The van der Waals surface area contributed by atoms with Crippen LogP contribution in [0.3, 0.4) is 0 Å². The topological polar surface area (TPSA) is 58.6 Å². The first kappa shape index (κ1) is 18.9. The molecule has 0 saturated carbocycles. The number of hydrogen-bond donors (Lipinski definition) is 1. The van der Waals surface area contributed by atoms with Crippen LogP contribution in [0.15, 0.2) is 41.3 Å². The van der Waals surface area contributed by atoms with Gasteiger partial charge in [-0.15, -0.1) is 0 Å². The minimum absolute atomic E-state index is 0.00263. The van der Waals surface area contributed by atoms with Gasteiger partial charge in [-0.1, -0.05) is 47.7 Å². The monoisotopic (exact) mass is 434 g/mol. The van der Waals surface area contributed by atoms with Crippen LogP contribution in [0.4, 0.5) is 10.1 Å². The molecule has 0 unspecified atom stereocenters. The number of hydrogen-bond acceptors (Lipinski definition) is 5. The maximum atomic E-state index is 13.4. The Morgan fingerprint density at radius 2 is 2.11 bits per heavy atom. The molecule has 4 rings (SSSR count). The average molecular weight is 435 g/mol. The van der Waals surface area contributed by atoms with Crippen molar-refractivity contribution in [2.75, 3.05) is 11.5 Å². The Morgan fingerprint density at radius 1 is 1.29 bits per heavy atom. The molecule has 2 aromatic rings. The number of rotatable bonds is 3. The van der Waals surface area contributed by atoms with Crippen molar-refractivity contribution >= 4 is 63.5 Å². The van der Waals surface area contributed by atoms with E-state index in [0.717, 1.165) is 5.56 Å². The molecule has 142 valence electrons. The maximum Gasteiger partial charge on any atom is 0.265 e. The van der Waals surface area contributed by atoms with Crippen molar-refractivity contribution in [3.05, 3.63) is 63.3 Å². The Hall–Kier alpha value is -2.42. The van der Waals surface area contributed by atoms with Gasteiger partial charge in [0.2, 0.25) is 0 Å². The van der Waals surface area contributed by atoms with Gasteiger partial charge < -0.3 is 15.0 Å². The lowest BCUT2D eigenvalue weighted by atomic mass is 10.1. The predicted octanol–water partition coefficient (Wildman–Crippen LogP) is 3.89. The minimum Gasteiger partial charge on any atom is -0.482 e. The van der Waals surface area contributed by atoms with Crippen molar-refractivity contribution < 1.29 is 18.7 Å². The van der Waals surface area contributed by atoms with E-state index in [1.54, 1.807) is 35.2 Å². The lowest BCUT2D eigenvalue weighted by Gasteiger charge is -2.30. The highest BCUT2D eigenvalue weighted by atomic mass is 35.5. The van der Waals surface area contributed by atoms with Gasteiger partial charge in [-0.2, -0.15) is 0 Å². The fourth-order valence-electron chi connectivity index (χ4n) is 2.88. The summed E-state index contributed by atoms with van der Waals surface area (Å²) >= 11 is 12.0. The molecule has 0 aliphatic carbocycles. The molecule has 0 bridgehead atoms. The van der Waals surface area contributed by atoms with Crippen molar-refractivity contribution in [3.63, 3.8) is 0 Å². The van der Waals surface area contributed by atoms with E-state index in [0.29, 0.717) is 26.2 Å². The molecule has 28 heavy (non-hydrogen) atoms. The quantitative estimate of drug-likeness (QED) is 0.586. The fourth-order valence-corrected chi connectivity index (χ4v) is 4.12. The van der Waals surface area contributed by atoms with Gasteiger partial charge in [0.15, 0.2) is 6.61 Å². The molecule has 2 aliphatic heterocycles. The van der Waals surface area contributed by atoms with E-state index in [1.807, 2.05) is 0 Å². The zero-order chi connectivity index (χ0) is 19.8. The van der Waals surface area contributed by atoms with Crippen LogP contribution in [0.2, 0.25) is 5.02 Å². The third-order valence-corrected chi connectivity index (χ3v) is 5.64. The van der Waals surface area contributed by atoms with Gasteiger partial charge >= 0.3 is 0 Å². The van der Waals surface area contributed by atoms with E-state index in [1.165, 1.54) is 23.9 Å². The lowest BCUT2D eigenvalue weighted by Crippen LogP contribution is -2.38. The highest BCUT2D eigenvalue weighted by molar-refractivity contribution is 8.26. The zero-order valence-corrected chi connectivity index (χ0v) is 16.6. The van der Waals surface area contributed by atoms with Crippen LogP contribution in [0.1, 0.15) is 11.1 Å². The molecule has 9 heteroatoms. The zero-order valence-electron chi connectivity index (χ0n) is 14.2. The Morgan fingerprint density at radius 3 is 2.82 bits per heavy atom. The standard InChI is InChI=1S/C19H12ClFN2O3S2/c20-12-5-11(1-3-13(12)21)8-23-14-6-10(2-4-15(14)26-9-17(23)24)7-16-18(25)22-19(27)28-16/h1-7H,8-9H2,(H,22,25,27)/b16-7+. The summed E-state index contributed by atoms with van der Waals surface area (Å²) in [5, 5.41) is 2.56. The van der Waals surface area contributed by atoms with Crippen LogP contribution in [0.25, 0.3) is 6.08 Å². The van der Waals surface area contributed by atoms with Gasteiger partial charge in [-0.05, 0) is 41.5 Å². The number of benzene rings is 2. The van der Waals surface area contributed by atoms with E-state index in [4.69, 9.17) is 28.6 Å². The van der Waals surface area contributed by atoms with Gasteiger partial charge in [0.1, 0.15) is 15.9 Å². The number of carbonyl (C=O) groups is 2. The SMILES string of the molecule is O=C1NC(=S)S/C1=C/c1ccc2c(c1)N(Cc1ccc(F)c(Cl)c1)C(=O)CO2.